The minimum absolute atomic E-state index is 0.257. The quantitative estimate of drug-likeness (QED) is 0.839. The summed E-state index contributed by atoms with van der Waals surface area (Å²) in [7, 11) is 0. The molecule has 0 spiro atoms. The third kappa shape index (κ3) is 4.08. The molecule has 2 rings (SSSR count). The van der Waals surface area contributed by atoms with Gasteiger partial charge in [-0.2, -0.15) is 0 Å². The fraction of sp³-hybridized carbons (Fsp3) is 0.429. The van der Waals surface area contributed by atoms with E-state index in [1.807, 2.05) is 6.07 Å². The molecule has 0 aromatic carbocycles. The maximum Gasteiger partial charge on any atom is 0.308 e. The number of carboxylic acids is 1. The van der Waals surface area contributed by atoms with Crippen molar-refractivity contribution in [2.24, 2.45) is 5.92 Å². The summed E-state index contributed by atoms with van der Waals surface area (Å²) in [6, 6.07) is 3.33. The molecular weight excluding hydrogens is 298 g/mol. The van der Waals surface area contributed by atoms with E-state index >= 15 is 0 Å². The lowest BCUT2D eigenvalue weighted by atomic mass is 9.84. The Labute approximate surface area is 126 Å². The maximum atomic E-state index is 11.8. The van der Waals surface area contributed by atoms with Crippen molar-refractivity contribution in [1.82, 2.24) is 5.32 Å². The standard InChI is InChI=1S/C14H16ClNO3S/c15-12-7-5-9(20-12)6-8-13(17)16-11-4-2-1-3-10(11)14(18)19/h5-8,10-11H,1-4H2,(H,16,17)(H,18,19). The number of carbonyl (C=O) groups is 2. The number of hydrogen-bond donors (Lipinski definition) is 2. The third-order valence-electron chi connectivity index (χ3n) is 3.40. The molecule has 6 heteroatoms. The van der Waals surface area contributed by atoms with Gasteiger partial charge in [-0.1, -0.05) is 24.4 Å². The molecule has 1 saturated carbocycles. The van der Waals surface area contributed by atoms with Crippen LogP contribution in [-0.2, 0) is 9.59 Å². The van der Waals surface area contributed by atoms with Crippen LogP contribution in [0.2, 0.25) is 4.34 Å². The van der Waals surface area contributed by atoms with Gasteiger partial charge in [0.25, 0.3) is 0 Å². The van der Waals surface area contributed by atoms with Gasteiger partial charge in [0.1, 0.15) is 0 Å². The van der Waals surface area contributed by atoms with Crippen LogP contribution in [0.5, 0.6) is 0 Å². The third-order valence-corrected chi connectivity index (χ3v) is 4.60. The Morgan fingerprint density at radius 3 is 2.75 bits per heavy atom. The molecule has 1 aromatic heterocycles. The van der Waals surface area contributed by atoms with Gasteiger partial charge in [-0.05, 0) is 31.1 Å². The molecule has 2 unspecified atom stereocenters. The zero-order valence-electron chi connectivity index (χ0n) is 10.8. The number of hydrogen-bond acceptors (Lipinski definition) is 3. The predicted molar refractivity (Wildman–Crippen MR) is 79.9 cm³/mol. The van der Waals surface area contributed by atoms with E-state index in [9.17, 15) is 9.59 Å². The van der Waals surface area contributed by atoms with E-state index in [0.29, 0.717) is 10.8 Å². The zero-order valence-corrected chi connectivity index (χ0v) is 12.4. The van der Waals surface area contributed by atoms with E-state index in [4.69, 9.17) is 16.7 Å². The van der Waals surface area contributed by atoms with Gasteiger partial charge in [0.05, 0.1) is 10.3 Å². The summed E-state index contributed by atoms with van der Waals surface area (Å²) in [5, 5.41) is 11.9. The highest BCUT2D eigenvalue weighted by Gasteiger charge is 2.31. The topological polar surface area (TPSA) is 66.4 Å². The lowest BCUT2D eigenvalue weighted by molar-refractivity contribution is -0.144. The second kappa shape index (κ2) is 6.90. The molecule has 4 nitrogen and oxygen atoms in total. The number of aliphatic carboxylic acids is 1. The van der Waals surface area contributed by atoms with E-state index in [2.05, 4.69) is 5.32 Å². The van der Waals surface area contributed by atoms with E-state index in [1.54, 1.807) is 12.1 Å². The van der Waals surface area contributed by atoms with Crippen molar-refractivity contribution in [2.75, 3.05) is 0 Å². The van der Waals surface area contributed by atoms with Gasteiger partial charge >= 0.3 is 5.97 Å². The number of amides is 1. The first kappa shape index (κ1) is 15.1. The highest BCUT2D eigenvalue weighted by atomic mass is 35.5. The van der Waals surface area contributed by atoms with E-state index in [0.717, 1.165) is 24.1 Å². The number of halogens is 1. The molecule has 2 atom stereocenters. The molecular formula is C14H16ClNO3S. The van der Waals surface area contributed by atoms with E-state index in [-0.39, 0.29) is 11.9 Å². The summed E-state index contributed by atoms with van der Waals surface area (Å²) in [6.07, 6.45) is 6.33. The molecule has 1 amide bonds. The molecule has 20 heavy (non-hydrogen) atoms. The van der Waals surface area contributed by atoms with Gasteiger partial charge < -0.3 is 10.4 Å². The van der Waals surface area contributed by atoms with Crippen LogP contribution in [0.25, 0.3) is 6.08 Å². The largest absolute Gasteiger partial charge is 0.481 e. The molecule has 0 aliphatic heterocycles. The summed E-state index contributed by atoms with van der Waals surface area (Å²) in [5.74, 6) is -1.56. The summed E-state index contributed by atoms with van der Waals surface area (Å²) in [6.45, 7) is 0. The Hall–Kier alpha value is -1.33. The average Bonchev–Trinajstić information content (AvgIpc) is 2.83. The maximum absolute atomic E-state index is 11.8. The molecule has 1 aliphatic rings. The predicted octanol–water partition coefficient (Wildman–Crippen LogP) is 3.17. The van der Waals surface area contributed by atoms with Gasteiger partial charge in [0, 0.05) is 17.0 Å². The number of nitrogens with one attached hydrogen (secondary N) is 1. The van der Waals surface area contributed by atoms with Crippen molar-refractivity contribution in [3.05, 3.63) is 27.4 Å². The molecule has 108 valence electrons. The SMILES string of the molecule is O=C(C=Cc1ccc(Cl)s1)NC1CCCCC1C(=O)O. The van der Waals surface area contributed by atoms with Crippen molar-refractivity contribution in [3.63, 3.8) is 0 Å². The molecule has 0 radical (unpaired) electrons. The Balaban J connectivity index is 1.93. The number of carboxylic acid groups (broad SMARTS) is 1. The van der Waals surface area contributed by atoms with Crippen LogP contribution in [0.1, 0.15) is 30.6 Å². The lowest BCUT2D eigenvalue weighted by Gasteiger charge is -2.28. The summed E-state index contributed by atoms with van der Waals surface area (Å²) < 4.78 is 0.670. The van der Waals surface area contributed by atoms with Gasteiger partial charge in [-0.15, -0.1) is 11.3 Å². The monoisotopic (exact) mass is 313 g/mol. The minimum Gasteiger partial charge on any atom is -0.481 e. The van der Waals surface area contributed by atoms with E-state index in [1.165, 1.54) is 17.4 Å². The Bertz CT molecular complexity index is 526. The summed E-state index contributed by atoms with van der Waals surface area (Å²) >= 11 is 7.19. The fourth-order valence-corrected chi connectivity index (χ4v) is 3.37. The van der Waals surface area contributed by atoms with Gasteiger partial charge in [0.15, 0.2) is 0 Å². The smallest absolute Gasteiger partial charge is 0.308 e. The molecule has 0 saturated heterocycles. The van der Waals surface area contributed by atoms with Crippen LogP contribution in [0.4, 0.5) is 0 Å². The van der Waals surface area contributed by atoms with Crippen molar-refractivity contribution in [1.29, 1.82) is 0 Å². The van der Waals surface area contributed by atoms with Crippen molar-refractivity contribution in [2.45, 2.75) is 31.7 Å². The van der Waals surface area contributed by atoms with Crippen LogP contribution < -0.4 is 5.32 Å². The fourth-order valence-electron chi connectivity index (χ4n) is 2.41. The second-order valence-electron chi connectivity index (χ2n) is 4.82. The van der Waals surface area contributed by atoms with Crippen LogP contribution in [0, 0.1) is 5.92 Å². The molecule has 1 heterocycles. The zero-order chi connectivity index (χ0) is 14.5. The normalized spacial score (nSPS) is 22.9. The minimum atomic E-state index is -0.830. The van der Waals surface area contributed by atoms with Gasteiger partial charge in [-0.25, -0.2) is 0 Å². The van der Waals surface area contributed by atoms with Crippen LogP contribution in [0.15, 0.2) is 18.2 Å². The summed E-state index contributed by atoms with van der Waals surface area (Å²) in [5.41, 5.74) is 0. The molecule has 1 aliphatic carbocycles. The summed E-state index contributed by atoms with van der Waals surface area (Å²) in [4.78, 5) is 23.9. The van der Waals surface area contributed by atoms with Crippen LogP contribution >= 0.6 is 22.9 Å². The first-order chi connectivity index (χ1) is 9.56. The highest BCUT2D eigenvalue weighted by molar-refractivity contribution is 7.17. The molecule has 2 N–H and O–H groups in total. The first-order valence-electron chi connectivity index (χ1n) is 6.53. The molecule has 1 aromatic rings. The van der Waals surface area contributed by atoms with Crippen molar-refractivity contribution >= 4 is 40.9 Å². The number of carbonyl (C=O) groups excluding carboxylic acids is 1. The van der Waals surface area contributed by atoms with Gasteiger partial charge in [-0.3, -0.25) is 9.59 Å². The van der Waals surface area contributed by atoms with Gasteiger partial charge in [0.2, 0.25) is 5.91 Å². The highest BCUT2D eigenvalue weighted by Crippen LogP contribution is 2.25. The number of rotatable bonds is 4. The number of thiophene rings is 1. The Morgan fingerprint density at radius 2 is 2.10 bits per heavy atom. The Kier molecular flexibility index (Phi) is 5.20. The second-order valence-corrected chi connectivity index (χ2v) is 6.57. The lowest BCUT2D eigenvalue weighted by Crippen LogP contribution is -2.44. The first-order valence-corrected chi connectivity index (χ1v) is 7.72. The van der Waals surface area contributed by atoms with Crippen molar-refractivity contribution in [3.8, 4) is 0 Å². The van der Waals surface area contributed by atoms with E-state index < -0.39 is 11.9 Å². The molecule has 1 fully saturated rings. The van der Waals surface area contributed by atoms with Crippen LogP contribution in [-0.4, -0.2) is 23.0 Å². The Morgan fingerprint density at radius 1 is 1.35 bits per heavy atom. The average molecular weight is 314 g/mol. The van der Waals surface area contributed by atoms with Crippen LogP contribution in [0.3, 0.4) is 0 Å². The molecule has 0 bridgehead atoms. The van der Waals surface area contributed by atoms with Crippen molar-refractivity contribution < 1.29 is 14.7 Å².